The van der Waals surface area contributed by atoms with E-state index in [4.69, 9.17) is 15.5 Å². The summed E-state index contributed by atoms with van der Waals surface area (Å²) >= 11 is 0. The zero-order valence-electron chi connectivity index (χ0n) is 8.38. The zero-order chi connectivity index (χ0) is 13.2. The molecule has 2 atom stereocenters. The van der Waals surface area contributed by atoms with Gasteiger partial charge in [-0.3, -0.25) is 4.79 Å². The molecule has 6 N–H and O–H groups in total. The molecular weight excluding hydrogens is 236 g/mol. The highest BCUT2D eigenvalue weighted by atomic mass is 16.8. The van der Waals surface area contributed by atoms with Crippen LogP contribution in [0.15, 0.2) is 12.1 Å². The number of benzene rings is 1. The number of phenolic OH excluding ortho intramolecular Hbond substituents is 1. The van der Waals surface area contributed by atoms with Gasteiger partial charge in [0, 0.05) is 12.1 Å². The van der Waals surface area contributed by atoms with E-state index >= 15 is 0 Å². The van der Waals surface area contributed by atoms with Crippen LogP contribution in [0.3, 0.4) is 0 Å². The smallest absolute Gasteiger partial charge is 0.307 e. The highest BCUT2D eigenvalue weighted by Crippen LogP contribution is 2.28. The summed E-state index contributed by atoms with van der Waals surface area (Å²) in [5.74, 6) is -2.12. The third-order valence-corrected chi connectivity index (χ3v) is 1.99. The lowest BCUT2D eigenvalue weighted by Gasteiger charge is -2.18. The van der Waals surface area contributed by atoms with Crippen molar-refractivity contribution in [2.75, 3.05) is 0 Å². The second kappa shape index (κ2) is 5.05. The van der Waals surface area contributed by atoms with Crippen molar-refractivity contribution in [2.24, 2.45) is 0 Å². The first-order valence-electron chi connectivity index (χ1n) is 4.37. The van der Waals surface area contributed by atoms with Gasteiger partial charge in [0.05, 0.1) is 6.42 Å². The van der Waals surface area contributed by atoms with E-state index in [0.717, 1.165) is 12.1 Å². The Morgan fingerprint density at radius 1 is 1.18 bits per heavy atom. The van der Waals surface area contributed by atoms with E-state index < -0.39 is 40.0 Å². The molecule has 0 spiro atoms. The van der Waals surface area contributed by atoms with Gasteiger partial charge in [-0.05, 0) is 5.56 Å². The summed E-state index contributed by atoms with van der Waals surface area (Å²) in [4.78, 5) is 10.5. The standard InChI is InChI=1S/C8H10N2O7/c11-7(12)3-4-1-5(9(14)15)8(13)6(2-4)10(16)17/h1-2,9-10,13-14,16H,3H2,(H,11,12). The lowest BCUT2D eigenvalue weighted by molar-refractivity contribution is -0.996. The first kappa shape index (κ1) is 13.3. The SMILES string of the molecule is O=C(O)Cc1cc([NH+]([O-])O)c(O)c([NH+]([O-])O)c1. The summed E-state index contributed by atoms with van der Waals surface area (Å²) in [6.07, 6.45) is -0.527. The number of aliphatic carboxylic acids is 1. The van der Waals surface area contributed by atoms with E-state index in [1.165, 1.54) is 0 Å². The van der Waals surface area contributed by atoms with Crippen LogP contribution in [0.2, 0.25) is 0 Å². The predicted octanol–water partition coefficient (Wildman–Crippen LogP) is -2.17. The molecule has 0 bridgehead atoms. The molecule has 94 valence electrons. The quantitative estimate of drug-likeness (QED) is 0.261. The zero-order valence-corrected chi connectivity index (χ0v) is 8.38. The van der Waals surface area contributed by atoms with Crippen LogP contribution in [0.5, 0.6) is 5.75 Å². The number of hydrogen-bond donors (Lipinski definition) is 6. The third kappa shape index (κ3) is 3.10. The number of rotatable bonds is 4. The van der Waals surface area contributed by atoms with Gasteiger partial charge in [-0.2, -0.15) is 10.5 Å². The Bertz CT molecular complexity index is 403. The fourth-order valence-corrected chi connectivity index (χ4v) is 1.30. The highest BCUT2D eigenvalue weighted by Gasteiger charge is 2.20. The lowest BCUT2D eigenvalue weighted by atomic mass is 10.1. The molecule has 9 nitrogen and oxygen atoms in total. The van der Waals surface area contributed by atoms with Crippen LogP contribution in [-0.4, -0.2) is 26.6 Å². The minimum Gasteiger partial charge on any atom is -0.595 e. The first-order valence-corrected chi connectivity index (χ1v) is 4.37. The van der Waals surface area contributed by atoms with Gasteiger partial charge in [0.1, 0.15) is 0 Å². The normalized spacial score (nSPS) is 14.4. The van der Waals surface area contributed by atoms with E-state index in [1.54, 1.807) is 0 Å². The topological polar surface area (TPSA) is 153 Å². The number of nitrogens with one attached hydrogen (secondary N) is 2. The van der Waals surface area contributed by atoms with E-state index in [1.807, 2.05) is 0 Å². The van der Waals surface area contributed by atoms with Crippen LogP contribution in [0.25, 0.3) is 0 Å². The second-order valence-corrected chi connectivity index (χ2v) is 3.22. The van der Waals surface area contributed by atoms with E-state index in [0.29, 0.717) is 0 Å². The molecule has 0 aliphatic carbocycles. The molecule has 0 fully saturated rings. The molecule has 0 aliphatic heterocycles. The number of quaternary nitrogens is 2. The van der Waals surface area contributed by atoms with Crippen molar-refractivity contribution in [3.63, 3.8) is 0 Å². The Labute approximate surface area is 94.4 Å². The molecule has 1 aromatic rings. The Morgan fingerprint density at radius 3 is 1.88 bits per heavy atom. The molecule has 0 amide bonds. The predicted molar refractivity (Wildman–Crippen MR) is 51.0 cm³/mol. The fourth-order valence-electron chi connectivity index (χ4n) is 1.30. The molecule has 1 aromatic carbocycles. The number of hydrogen-bond acceptors (Lipinski definition) is 6. The van der Waals surface area contributed by atoms with Gasteiger partial charge < -0.3 is 20.6 Å². The van der Waals surface area contributed by atoms with Crippen molar-refractivity contribution in [1.29, 1.82) is 0 Å². The highest BCUT2D eigenvalue weighted by molar-refractivity contribution is 5.72. The maximum atomic E-state index is 10.7. The molecule has 0 saturated heterocycles. The summed E-state index contributed by atoms with van der Waals surface area (Å²) in [5, 5.41) is 53.8. The maximum absolute atomic E-state index is 10.7. The Hall–Kier alpha value is -1.75. The second-order valence-electron chi connectivity index (χ2n) is 3.22. The first-order chi connectivity index (χ1) is 7.82. The minimum atomic E-state index is -1.53. The molecule has 0 aromatic heterocycles. The van der Waals surface area contributed by atoms with E-state index in [9.17, 15) is 20.3 Å². The number of phenols is 1. The maximum Gasteiger partial charge on any atom is 0.307 e. The average molecular weight is 246 g/mol. The van der Waals surface area contributed by atoms with Gasteiger partial charge in [-0.15, -0.1) is 0 Å². The van der Waals surface area contributed by atoms with Crippen molar-refractivity contribution in [3.8, 4) is 5.75 Å². The average Bonchev–Trinajstić information content (AvgIpc) is 2.18. The van der Waals surface area contributed by atoms with Crippen LogP contribution < -0.4 is 10.5 Å². The van der Waals surface area contributed by atoms with Crippen molar-refractivity contribution in [2.45, 2.75) is 6.42 Å². The molecule has 2 unspecified atom stereocenters. The van der Waals surface area contributed by atoms with Crippen LogP contribution in [0.1, 0.15) is 5.56 Å². The Balaban J connectivity index is 3.31. The van der Waals surface area contributed by atoms with Crippen molar-refractivity contribution >= 4 is 17.3 Å². The van der Waals surface area contributed by atoms with Crippen molar-refractivity contribution in [1.82, 2.24) is 0 Å². The molecule has 0 heterocycles. The monoisotopic (exact) mass is 246 g/mol. The van der Waals surface area contributed by atoms with E-state index in [2.05, 4.69) is 0 Å². The van der Waals surface area contributed by atoms with Crippen molar-refractivity contribution < 1.29 is 35.9 Å². The Morgan fingerprint density at radius 2 is 1.59 bits per heavy atom. The van der Waals surface area contributed by atoms with Crippen LogP contribution in [0, 0.1) is 10.4 Å². The number of carboxylic acids is 1. The van der Waals surface area contributed by atoms with Gasteiger partial charge in [-0.1, -0.05) is 0 Å². The molecular formula is C8H10N2O7. The molecule has 17 heavy (non-hydrogen) atoms. The fraction of sp³-hybridized carbons (Fsp3) is 0.125. The van der Waals surface area contributed by atoms with Crippen LogP contribution >= 0.6 is 0 Å². The van der Waals surface area contributed by atoms with Crippen molar-refractivity contribution in [3.05, 3.63) is 28.1 Å². The summed E-state index contributed by atoms with van der Waals surface area (Å²) < 4.78 is 0. The molecule has 9 heteroatoms. The van der Waals surface area contributed by atoms with Gasteiger partial charge in [0.2, 0.25) is 17.1 Å². The molecule has 0 radical (unpaired) electrons. The van der Waals surface area contributed by atoms with E-state index in [-0.39, 0.29) is 5.56 Å². The van der Waals surface area contributed by atoms with Gasteiger partial charge in [0.15, 0.2) is 0 Å². The summed E-state index contributed by atoms with van der Waals surface area (Å²) in [6.45, 7) is 0. The summed E-state index contributed by atoms with van der Waals surface area (Å²) in [5.41, 5.74) is -1.28. The number of carbonyl (C=O) groups is 1. The number of aromatic hydroxyl groups is 1. The largest absolute Gasteiger partial charge is 0.595 e. The number of carboxylic acid groups (broad SMARTS) is 1. The third-order valence-electron chi connectivity index (χ3n) is 1.99. The summed E-state index contributed by atoms with van der Waals surface area (Å²) in [6, 6.07) is 1.86. The van der Waals surface area contributed by atoms with Crippen LogP contribution in [-0.2, 0) is 11.2 Å². The molecule has 0 aliphatic rings. The van der Waals surface area contributed by atoms with Crippen LogP contribution in [0.4, 0.5) is 11.4 Å². The minimum absolute atomic E-state index is 0.00917. The molecule has 0 saturated carbocycles. The van der Waals surface area contributed by atoms with Gasteiger partial charge >= 0.3 is 5.97 Å². The van der Waals surface area contributed by atoms with Gasteiger partial charge in [0.25, 0.3) is 0 Å². The Kier molecular flexibility index (Phi) is 3.96. The lowest BCUT2D eigenvalue weighted by Crippen LogP contribution is -3.00. The van der Waals surface area contributed by atoms with Gasteiger partial charge in [-0.25, -0.2) is 10.4 Å². The summed E-state index contributed by atoms with van der Waals surface area (Å²) in [7, 11) is 0. The molecule has 1 rings (SSSR count).